The minimum Gasteiger partial charge on any atom is -0.330 e. The Morgan fingerprint density at radius 1 is 1.46 bits per heavy atom. The van der Waals surface area contributed by atoms with Gasteiger partial charge in [-0.15, -0.1) is 0 Å². The third-order valence-electron chi connectivity index (χ3n) is 1.51. The normalized spacial score (nSPS) is 11.0. The fourth-order valence-electron chi connectivity index (χ4n) is 0.867. The molecule has 0 amide bonds. The van der Waals surface area contributed by atoms with Gasteiger partial charge in [-0.25, -0.2) is 4.98 Å². The molecule has 0 aromatic carbocycles. The van der Waals surface area contributed by atoms with Crippen LogP contribution in [0.2, 0.25) is 10.2 Å². The molecule has 2 N–H and O–H groups in total. The van der Waals surface area contributed by atoms with E-state index in [1.54, 1.807) is 12.3 Å². The quantitative estimate of drug-likeness (QED) is 0.790. The van der Waals surface area contributed by atoms with Gasteiger partial charge in [-0.3, -0.25) is 0 Å². The van der Waals surface area contributed by atoms with Gasteiger partial charge >= 0.3 is 0 Å². The predicted molar refractivity (Wildman–Crippen MR) is 57.0 cm³/mol. The monoisotopic (exact) mass is 216 g/mol. The Balaban J connectivity index is 2.83. The Labute approximate surface area is 87.4 Å². The van der Waals surface area contributed by atoms with Crippen LogP contribution in [-0.2, 0) is 0 Å². The van der Waals surface area contributed by atoms with Crippen LogP contribution in [0, 0.1) is 0 Å². The Bertz CT molecular complexity index is 310. The van der Waals surface area contributed by atoms with E-state index in [4.69, 9.17) is 28.9 Å². The van der Waals surface area contributed by atoms with Crippen molar-refractivity contribution in [2.45, 2.75) is 6.42 Å². The minimum absolute atomic E-state index is 0.330. The standard InChI is InChI=1S/C9H10Cl2N2/c10-8-7(3-1-2-5-12)4-6-13-9(8)11/h1,3-4,6H,2,5,12H2. The summed E-state index contributed by atoms with van der Waals surface area (Å²) < 4.78 is 0. The van der Waals surface area contributed by atoms with Crippen molar-refractivity contribution in [3.05, 3.63) is 34.1 Å². The largest absolute Gasteiger partial charge is 0.330 e. The molecule has 0 unspecified atom stereocenters. The van der Waals surface area contributed by atoms with Crippen LogP contribution in [0.25, 0.3) is 6.08 Å². The second-order valence-corrected chi connectivity index (χ2v) is 3.22. The van der Waals surface area contributed by atoms with E-state index in [2.05, 4.69) is 4.98 Å². The van der Waals surface area contributed by atoms with Gasteiger partial charge in [0.1, 0.15) is 5.15 Å². The van der Waals surface area contributed by atoms with Crippen LogP contribution in [-0.4, -0.2) is 11.5 Å². The molecule has 0 bridgehead atoms. The number of nitrogens with two attached hydrogens (primary N) is 1. The van der Waals surface area contributed by atoms with E-state index in [-0.39, 0.29) is 0 Å². The van der Waals surface area contributed by atoms with Crippen LogP contribution in [0.4, 0.5) is 0 Å². The molecule has 4 heteroatoms. The summed E-state index contributed by atoms with van der Waals surface area (Å²) in [4.78, 5) is 3.84. The summed E-state index contributed by atoms with van der Waals surface area (Å²) in [7, 11) is 0. The Morgan fingerprint density at radius 3 is 2.92 bits per heavy atom. The first-order chi connectivity index (χ1) is 6.25. The smallest absolute Gasteiger partial charge is 0.148 e. The first kappa shape index (κ1) is 10.5. The van der Waals surface area contributed by atoms with Gasteiger partial charge in [0.25, 0.3) is 0 Å². The maximum absolute atomic E-state index is 5.90. The summed E-state index contributed by atoms with van der Waals surface area (Å²) in [6.45, 7) is 0.632. The summed E-state index contributed by atoms with van der Waals surface area (Å²) in [6, 6.07) is 1.81. The van der Waals surface area contributed by atoms with Gasteiger partial charge in [-0.2, -0.15) is 0 Å². The molecule has 2 nitrogen and oxygen atoms in total. The highest BCUT2D eigenvalue weighted by atomic mass is 35.5. The Morgan fingerprint density at radius 2 is 2.23 bits per heavy atom. The Hall–Kier alpha value is -0.570. The van der Waals surface area contributed by atoms with E-state index in [9.17, 15) is 0 Å². The van der Waals surface area contributed by atoms with Gasteiger partial charge in [0.2, 0.25) is 0 Å². The number of hydrogen-bond donors (Lipinski definition) is 1. The second-order valence-electron chi connectivity index (χ2n) is 2.48. The molecular weight excluding hydrogens is 207 g/mol. The number of rotatable bonds is 3. The molecule has 1 aromatic heterocycles. The molecule has 1 rings (SSSR count). The van der Waals surface area contributed by atoms with E-state index in [0.717, 1.165) is 12.0 Å². The highest BCUT2D eigenvalue weighted by Gasteiger charge is 2.01. The fraction of sp³-hybridized carbons (Fsp3) is 0.222. The van der Waals surface area contributed by atoms with Crippen molar-refractivity contribution in [2.75, 3.05) is 6.54 Å². The van der Waals surface area contributed by atoms with Gasteiger partial charge in [-0.05, 0) is 24.6 Å². The lowest BCUT2D eigenvalue weighted by Crippen LogP contribution is -1.95. The average Bonchev–Trinajstić information content (AvgIpc) is 2.13. The molecule has 0 saturated heterocycles. The molecule has 70 valence electrons. The number of aromatic nitrogens is 1. The fourth-order valence-corrected chi connectivity index (χ4v) is 1.21. The molecule has 0 saturated carbocycles. The van der Waals surface area contributed by atoms with Gasteiger partial charge in [0, 0.05) is 6.20 Å². The van der Waals surface area contributed by atoms with Crippen LogP contribution in [0.15, 0.2) is 18.3 Å². The van der Waals surface area contributed by atoms with Gasteiger partial charge in [0.05, 0.1) is 5.02 Å². The van der Waals surface area contributed by atoms with E-state index in [1.165, 1.54) is 0 Å². The lowest BCUT2D eigenvalue weighted by molar-refractivity contribution is 1.01. The highest BCUT2D eigenvalue weighted by molar-refractivity contribution is 6.42. The zero-order chi connectivity index (χ0) is 9.68. The Kier molecular flexibility index (Phi) is 4.22. The molecule has 1 heterocycles. The summed E-state index contributed by atoms with van der Waals surface area (Å²) in [5.74, 6) is 0. The number of nitrogens with zero attached hydrogens (tertiary/aromatic N) is 1. The third-order valence-corrected chi connectivity index (χ3v) is 2.29. The van der Waals surface area contributed by atoms with Crippen molar-refractivity contribution in [3.8, 4) is 0 Å². The molecule has 0 fully saturated rings. The summed E-state index contributed by atoms with van der Waals surface area (Å²) in [6.07, 6.45) is 6.30. The zero-order valence-electron chi connectivity index (χ0n) is 7.00. The molecule has 1 aromatic rings. The van der Waals surface area contributed by atoms with Crippen LogP contribution in [0.3, 0.4) is 0 Å². The number of hydrogen-bond acceptors (Lipinski definition) is 2. The molecule has 0 aliphatic carbocycles. The third kappa shape index (κ3) is 2.99. The van der Waals surface area contributed by atoms with Crippen molar-refractivity contribution in [2.24, 2.45) is 5.73 Å². The van der Waals surface area contributed by atoms with E-state index < -0.39 is 0 Å². The zero-order valence-corrected chi connectivity index (χ0v) is 8.52. The molecule has 13 heavy (non-hydrogen) atoms. The number of halogens is 2. The van der Waals surface area contributed by atoms with E-state index in [0.29, 0.717) is 16.7 Å². The number of pyridine rings is 1. The van der Waals surface area contributed by atoms with Crippen molar-refractivity contribution >= 4 is 29.3 Å². The second kappa shape index (κ2) is 5.22. The first-order valence-corrected chi connectivity index (χ1v) is 4.68. The van der Waals surface area contributed by atoms with Crippen LogP contribution in [0.5, 0.6) is 0 Å². The summed E-state index contributed by atoms with van der Waals surface area (Å²) in [5, 5.41) is 0.814. The SMILES string of the molecule is NCCC=Cc1ccnc(Cl)c1Cl. The van der Waals surface area contributed by atoms with Crippen molar-refractivity contribution in [1.29, 1.82) is 0 Å². The van der Waals surface area contributed by atoms with Crippen molar-refractivity contribution < 1.29 is 0 Å². The van der Waals surface area contributed by atoms with Gasteiger partial charge in [-0.1, -0.05) is 35.4 Å². The molecule has 0 aliphatic rings. The van der Waals surface area contributed by atoms with Crippen molar-refractivity contribution in [3.63, 3.8) is 0 Å². The maximum Gasteiger partial charge on any atom is 0.148 e. The van der Waals surface area contributed by atoms with Crippen LogP contribution >= 0.6 is 23.2 Å². The lowest BCUT2D eigenvalue weighted by Gasteiger charge is -1.98. The highest BCUT2D eigenvalue weighted by Crippen LogP contribution is 2.24. The molecule has 0 radical (unpaired) electrons. The summed E-state index contributed by atoms with van der Waals surface area (Å²) in [5.41, 5.74) is 6.21. The molecule has 0 atom stereocenters. The van der Waals surface area contributed by atoms with Crippen LogP contribution in [0.1, 0.15) is 12.0 Å². The maximum atomic E-state index is 5.90. The van der Waals surface area contributed by atoms with Crippen molar-refractivity contribution in [1.82, 2.24) is 4.98 Å². The molecule has 0 aliphatic heterocycles. The minimum atomic E-state index is 0.330. The summed E-state index contributed by atoms with van der Waals surface area (Å²) >= 11 is 11.6. The van der Waals surface area contributed by atoms with Crippen LogP contribution < -0.4 is 5.73 Å². The first-order valence-electron chi connectivity index (χ1n) is 3.92. The van der Waals surface area contributed by atoms with Gasteiger partial charge < -0.3 is 5.73 Å². The lowest BCUT2D eigenvalue weighted by atomic mass is 10.2. The molecule has 0 spiro atoms. The topological polar surface area (TPSA) is 38.9 Å². The predicted octanol–water partition coefficient (Wildman–Crippen LogP) is 2.75. The van der Waals surface area contributed by atoms with Gasteiger partial charge in [0.15, 0.2) is 0 Å². The molecular formula is C9H10Cl2N2. The van der Waals surface area contributed by atoms with E-state index >= 15 is 0 Å². The van der Waals surface area contributed by atoms with E-state index in [1.807, 2.05) is 12.2 Å². The average molecular weight is 217 g/mol.